The van der Waals surface area contributed by atoms with Crippen molar-refractivity contribution in [3.63, 3.8) is 0 Å². The highest BCUT2D eigenvalue weighted by atomic mass is 32.2. The number of aryl methyl sites for hydroxylation is 1. The molecule has 2 aromatic carbocycles. The van der Waals surface area contributed by atoms with Crippen LogP contribution in [0.4, 0.5) is 5.69 Å². The van der Waals surface area contributed by atoms with Crippen LogP contribution in [0.15, 0.2) is 56.7 Å². The van der Waals surface area contributed by atoms with E-state index in [4.69, 9.17) is 15.3 Å². The fourth-order valence-corrected chi connectivity index (χ4v) is 3.93. The molecule has 1 aromatic heterocycles. The lowest BCUT2D eigenvalue weighted by atomic mass is 10.1. The van der Waals surface area contributed by atoms with E-state index >= 15 is 0 Å². The number of aromatic carboxylic acids is 1. The SMILES string of the molecule is Cc1c(C(=O)O)oc2ccc(S(=O)(=O)c3ccccc3)c(N)c12. The van der Waals surface area contributed by atoms with Crippen molar-refractivity contribution in [2.45, 2.75) is 16.7 Å². The smallest absolute Gasteiger partial charge is 0.372 e. The number of anilines is 1. The summed E-state index contributed by atoms with van der Waals surface area (Å²) < 4.78 is 30.7. The van der Waals surface area contributed by atoms with E-state index in [2.05, 4.69) is 0 Å². The van der Waals surface area contributed by atoms with Crippen molar-refractivity contribution in [1.29, 1.82) is 0 Å². The van der Waals surface area contributed by atoms with E-state index in [1.165, 1.54) is 31.2 Å². The number of carboxylic acids is 1. The fraction of sp³-hybridized carbons (Fsp3) is 0.0625. The summed E-state index contributed by atoms with van der Waals surface area (Å²) in [6, 6.07) is 10.6. The molecule has 3 N–H and O–H groups in total. The third-order valence-electron chi connectivity index (χ3n) is 3.63. The van der Waals surface area contributed by atoms with Crippen LogP contribution in [-0.2, 0) is 9.84 Å². The van der Waals surface area contributed by atoms with Gasteiger partial charge in [0.1, 0.15) is 5.58 Å². The predicted molar refractivity (Wildman–Crippen MR) is 84.2 cm³/mol. The predicted octanol–water partition coefficient (Wildman–Crippen LogP) is 2.85. The van der Waals surface area contributed by atoms with Crippen LogP contribution in [0.1, 0.15) is 16.1 Å². The minimum atomic E-state index is -3.80. The molecule has 7 heteroatoms. The number of nitrogens with two attached hydrogens (primary N) is 1. The second kappa shape index (κ2) is 5.13. The summed E-state index contributed by atoms with van der Waals surface area (Å²) in [5.41, 5.74) is 6.55. The van der Waals surface area contributed by atoms with E-state index in [1.807, 2.05) is 0 Å². The number of benzene rings is 2. The van der Waals surface area contributed by atoms with Crippen LogP contribution in [0.5, 0.6) is 0 Å². The number of nitrogen functional groups attached to an aromatic ring is 1. The van der Waals surface area contributed by atoms with Gasteiger partial charge >= 0.3 is 5.97 Å². The molecular formula is C16H13NO5S. The Hall–Kier alpha value is -2.80. The molecule has 0 fully saturated rings. The van der Waals surface area contributed by atoms with Crippen LogP contribution in [0.3, 0.4) is 0 Å². The van der Waals surface area contributed by atoms with Gasteiger partial charge in [0.05, 0.1) is 15.5 Å². The van der Waals surface area contributed by atoms with Gasteiger partial charge in [-0.25, -0.2) is 13.2 Å². The van der Waals surface area contributed by atoms with Crippen molar-refractivity contribution < 1.29 is 22.7 Å². The Labute approximate surface area is 132 Å². The van der Waals surface area contributed by atoms with Crippen LogP contribution < -0.4 is 5.73 Å². The van der Waals surface area contributed by atoms with Crippen molar-refractivity contribution in [1.82, 2.24) is 0 Å². The standard InChI is InChI=1S/C16H13NO5S/c1-9-13-11(22-15(9)16(18)19)7-8-12(14(13)17)23(20,21)10-5-3-2-4-6-10/h2-8H,17H2,1H3,(H,18,19). The molecule has 0 saturated carbocycles. The van der Waals surface area contributed by atoms with Gasteiger partial charge in [-0.05, 0) is 31.2 Å². The number of rotatable bonds is 3. The zero-order valence-electron chi connectivity index (χ0n) is 12.1. The van der Waals surface area contributed by atoms with Crippen LogP contribution in [0.2, 0.25) is 0 Å². The second-order valence-electron chi connectivity index (χ2n) is 5.03. The van der Waals surface area contributed by atoms with E-state index in [0.29, 0.717) is 10.9 Å². The number of sulfone groups is 1. The largest absolute Gasteiger partial charge is 0.475 e. The Kier molecular flexibility index (Phi) is 3.37. The lowest BCUT2D eigenvalue weighted by molar-refractivity contribution is 0.0664. The second-order valence-corrected chi connectivity index (χ2v) is 6.95. The number of carboxylic acid groups (broad SMARTS) is 1. The van der Waals surface area contributed by atoms with E-state index in [9.17, 15) is 13.2 Å². The van der Waals surface area contributed by atoms with Gasteiger partial charge in [-0.2, -0.15) is 0 Å². The molecule has 0 amide bonds. The summed E-state index contributed by atoms with van der Waals surface area (Å²) in [6.07, 6.45) is 0. The Morgan fingerprint density at radius 1 is 1.13 bits per heavy atom. The highest BCUT2D eigenvalue weighted by Gasteiger charge is 2.25. The third kappa shape index (κ3) is 2.25. The zero-order valence-corrected chi connectivity index (χ0v) is 12.9. The monoisotopic (exact) mass is 331 g/mol. The minimum Gasteiger partial charge on any atom is -0.475 e. The van der Waals surface area contributed by atoms with Gasteiger partial charge in [0.2, 0.25) is 15.6 Å². The number of carbonyl (C=O) groups is 1. The Morgan fingerprint density at radius 2 is 1.78 bits per heavy atom. The van der Waals surface area contributed by atoms with Crippen LogP contribution in [0.25, 0.3) is 11.0 Å². The summed E-state index contributed by atoms with van der Waals surface area (Å²) in [5.74, 6) is -1.48. The Morgan fingerprint density at radius 3 is 2.39 bits per heavy atom. The molecule has 0 aliphatic rings. The molecule has 0 saturated heterocycles. The van der Waals surface area contributed by atoms with Crippen molar-refractivity contribution in [2.75, 3.05) is 5.73 Å². The van der Waals surface area contributed by atoms with Crippen molar-refractivity contribution >= 4 is 32.5 Å². The highest BCUT2D eigenvalue weighted by Crippen LogP contribution is 2.36. The Bertz CT molecular complexity index is 1020. The molecule has 0 aliphatic heterocycles. The van der Waals surface area contributed by atoms with Gasteiger partial charge in [-0.1, -0.05) is 18.2 Å². The van der Waals surface area contributed by atoms with Crippen LogP contribution >= 0.6 is 0 Å². The lowest BCUT2D eigenvalue weighted by Gasteiger charge is -2.08. The van der Waals surface area contributed by atoms with E-state index in [1.54, 1.807) is 18.2 Å². The summed E-state index contributed by atoms with van der Waals surface area (Å²) in [4.78, 5) is 11.2. The Balaban J connectivity index is 2.30. The molecule has 0 bridgehead atoms. The molecule has 1 heterocycles. The van der Waals surface area contributed by atoms with Gasteiger partial charge < -0.3 is 15.3 Å². The molecular weight excluding hydrogens is 318 g/mol. The van der Waals surface area contributed by atoms with Crippen molar-refractivity contribution in [2.24, 2.45) is 0 Å². The van der Waals surface area contributed by atoms with Crippen LogP contribution in [-0.4, -0.2) is 19.5 Å². The summed E-state index contributed by atoms with van der Waals surface area (Å²) in [6.45, 7) is 1.53. The molecule has 23 heavy (non-hydrogen) atoms. The van der Waals surface area contributed by atoms with E-state index in [0.717, 1.165) is 0 Å². The first kappa shape index (κ1) is 15.1. The number of fused-ring (bicyclic) bond motifs is 1. The minimum absolute atomic E-state index is 0.0138. The first-order valence-corrected chi connectivity index (χ1v) is 8.17. The van der Waals surface area contributed by atoms with Gasteiger partial charge in [0, 0.05) is 10.9 Å². The average Bonchev–Trinajstić information content (AvgIpc) is 2.86. The number of hydrogen-bond acceptors (Lipinski definition) is 5. The quantitative estimate of drug-likeness (QED) is 0.714. The lowest BCUT2D eigenvalue weighted by Crippen LogP contribution is -2.06. The number of furan rings is 1. The van der Waals surface area contributed by atoms with Gasteiger partial charge in [0.15, 0.2) is 0 Å². The van der Waals surface area contributed by atoms with Gasteiger partial charge in [-0.3, -0.25) is 0 Å². The maximum atomic E-state index is 12.7. The van der Waals surface area contributed by atoms with Crippen molar-refractivity contribution in [3.05, 3.63) is 53.8 Å². The molecule has 0 radical (unpaired) electrons. The summed E-state index contributed by atoms with van der Waals surface area (Å²) in [5, 5.41) is 9.42. The molecule has 6 nitrogen and oxygen atoms in total. The van der Waals surface area contributed by atoms with E-state index < -0.39 is 15.8 Å². The highest BCUT2D eigenvalue weighted by molar-refractivity contribution is 7.91. The van der Waals surface area contributed by atoms with Crippen LogP contribution in [0, 0.1) is 6.92 Å². The zero-order chi connectivity index (χ0) is 16.8. The van der Waals surface area contributed by atoms with Crippen molar-refractivity contribution in [3.8, 4) is 0 Å². The average molecular weight is 331 g/mol. The van der Waals surface area contributed by atoms with Gasteiger partial charge in [-0.15, -0.1) is 0 Å². The fourth-order valence-electron chi connectivity index (χ4n) is 2.52. The molecule has 0 spiro atoms. The first-order valence-electron chi connectivity index (χ1n) is 6.69. The maximum Gasteiger partial charge on any atom is 0.372 e. The summed E-state index contributed by atoms with van der Waals surface area (Å²) in [7, 11) is -3.80. The first-order chi connectivity index (χ1) is 10.8. The number of hydrogen-bond donors (Lipinski definition) is 2. The van der Waals surface area contributed by atoms with Gasteiger partial charge in [0.25, 0.3) is 0 Å². The normalized spacial score (nSPS) is 11.7. The summed E-state index contributed by atoms with van der Waals surface area (Å²) >= 11 is 0. The molecule has 0 atom stereocenters. The third-order valence-corrected chi connectivity index (χ3v) is 5.46. The topological polar surface area (TPSA) is 111 Å². The molecule has 0 aliphatic carbocycles. The van der Waals surface area contributed by atoms with E-state index in [-0.39, 0.29) is 26.8 Å². The molecule has 3 aromatic rings. The molecule has 0 unspecified atom stereocenters. The molecule has 118 valence electrons. The maximum absolute atomic E-state index is 12.7. The molecule has 3 rings (SSSR count).